The largest absolute Gasteiger partial charge is 0.496 e. The highest BCUT2D eigenvalue weighted by atomic mass is 32.1. The van der Waals surface area contributed by atoms with Crippen molar-refractivity contribution in [2.24, 2.45) is 0 Å². The number of benzene rings is 2. The van der Waals surface area contributed by atoms with Gasteiger partial charge < -0.3 is 19.6 Å². The number of methoxy groups -OCH3 is 1. The Morgan fingerprint density at radius 1 is 1.03 bits per heavy atom. The van der Waals surface area contributed by atoms with Crippen LogP contribution < -0.4 is 19.4 Å². The number of fused-ring (bicyclic) bond motifs is 1. The predicted molar refractivity (Wildman–Crippen MR) is 138 cm³/mol. The number of hydrogen-bond donors (Lipinski definition) is 2. The first-order valence-corrected chi connectivity index (χ1v) is 12.3. The molecule has 1 aliphatic heterocycles. The molecular weight excluding hydrogens is 434 g/mol. The van der Waals surface area contributed by atoms with Crippen molar-refractivity contribution in [1.29, 1.82) is 0 Å². The summed E-state index contributed by atoms with van der Waals surface area (Å²) in [5.41, 5.74) is 6.88. The van der Waals surface area contributed by atoms with E-state index in [-0.39, 0.29) is 10.8 Å². The molecule has 0 aliphatic carbocycles. The highest BCUT2D eigenvalue weighted by molar-refractivity contribution is 7.09. The lowest BCUT2D eigenvalue weighted by atomic mass is 9.94. The molecule has 0 spiro atoms. The van der Waals surface area contributed by atoms with Crippen molar-refractivity contribution in [2.45, 2.75) is 53.1 Å². The summed E-state index contributed by atoms with van der Waals surface area (Å²) in [4.78, 5) is 19.4. The van der Waals surface area contributed by atoms with Crippen LogP contribution in [-0.2, 0) is 6.42 Å². The molecule has 4 rings (SSSR count). The van der Waals surface area contributed by atoms with Gasteiger partial charge in [-0.15, -0.1) is 0 Å². The Kier molecular flexibility index (Phi) is 6.43. The van der Waals surface area contributed by atoms with E-state index in [4.69, 9.17) is 4.74 Å². The molecule has 1 aromatic heterocycles. The van der Waals surface area contributed by atoms with Crippen molar-refractivity contribution in [1.82, 2.24) is 4.98 Å². The van der Waals surface area contributed by atoms with Crippen LogP contribution in [0.1, 0.15) is 43.7 Å². The van der Waals surface area contributed by atoms with Crippen LogP contribution in [0.25, 0.3) is 11.1 Å². The zero-order chi connectivity index (χ0) is 23.9. The van der Waals surface area contributed by atoms with Gasteiger partial charge in [-0.3, -0.25) is 9.78 Å². The lowest BCUT2D eigenvalue weighted by Crippen LogP contribution is -2.46. The minimum Gasteiger partial charge on any atom is -0.496 e. The number of aryl methyl sites for hydroxylation is 1. The SMILES string of the molecule is COc1ccc(Cc2sc(=O)[nH]c2O)cc1-c1cc2c(cc1C)N(C(C)C)CCN2C(C)C. The Hall–Kier alpha value is -2.93. The maximum atomic E-state index is 11.6. The second kappa shape index (κ2) is 9.14. The zero-order valence-corrected chi connectivity index (χ0v) is 21.0. The molecule has 2 N–H and O–H groups in total. The molecule has 0 saturated carbocycles. The van der Waals surface area contributed by atoms with Gasteiger partial charge in [0.05, 0.1) is 23.4 Å². The van der Waals surface area contributed by atoms with Crippen LogP contribution in [-0.4, -0.2) is 42.4 Å². The van der Waals surface area contributed by atoms with E-state index in [1.807, 2.05) is 12.1 Å². The maximum Gasteiger partial charge on any atom is 0.307 e. The molecule has 0 radical (unpaired) electrons. The number of aromatic hydroxyl groups is 1. The summed E-state index contributed by atoms with van der Waals surface area (Å²) in [5.74, 6) is 0.759. The van der Waals surface area contributed by atoms with Crippen LogP contribution in [0.15, 0.2) is 35.1 Å². The number of hydrogen-bond acceptors (Lipinski definition) is 6. The van der Waals surface area contributed by atoms with E-state index in [2.05, 4.69) is 67.6 Å². The Balaban J connectivity index is 1.83. The van der Waals surface area contributed by atoms with E-state index in [1.165, 1.54) is 16.9 Å². The van der Waals surface area contributed by atoms with E-state index in [1.54, 1.807) is 7.11 Å². The van der Waals surface area contributed by atoms with Crippen LogP contribution in [0.4, 0.5) is 11.4 Å². The molecule has 3 aromatic rings. The van der Waals surface area contributed by atoms with Gasteiger partial charge >= 0.3 is 4.87 Å². The molecule has 2 heterocycles. The van der Waals surface area contributed by atoms with E-state index in [9.17, 15) is 9.90 Å². The number of rotatable bonds is 6. The highest BCUT2D eigenvalue weighted by Crippen LogP contribution is 2.43. The van der Waals surface area contributed by atoms with Crippen LogP contribution >= 0.6 is 11.3 Å². The van der Waals surface area contributed by atoms with Crippen molar-refractivity contribution in [3.63, 3.8) is 0 Å². The lowest BCUT2D eigenvalue weighted by molar-refractivity contribution is 0.416. The minimum atomic E-state index is -0.245. The van der Waals surface area contributed by atoms with Crippen molar-refractivity contribution < 1.29 is 9.84 Å². The third-order valence-corrected chi connectivity index (χ3v) is 7.26. The van der Waals surface area contributed by atoms with Gasteiger partial charge in [-0.05, 0) is 75.6 Å². The topological polar surface area (TPSA) is 68.8 Å². The number of H-pyrrole nitrogens is 1. The molecule has 33 heavy (non-hydrogen) atoms. The van der Waals surface area contributed by atoms with E-state index in [0.29, 0.717) is 23.4 Å². The lowest BCUT2D eigenvalue weighted by Gasteiger charge is -2.43. The number of ether oxygens (including phenoxy) is 1. The van der Waals surface area contributed by atoms with Gasteiger partial charge in [0.25, 0.3) is 0 Å². The van der Waals surface area contributed by atoms with Gasteiger partial charge in [0.2, 0.25) is 5.88 Å². The monoisotopic (exact) mass is 467 g/mol. The molecule has 0 unspecified atom stereocenters. The average Bonchev–Trinajstić information content (AvgIpc) is 3.08. The number of nitrogens with one attached hydrogen (secondary N) is 1. The van der Waals surface area contributed by atoms with E-state index in [0.717, 1.165) is 46.9 Å². The highest BCUT2D eigenvalue weighted by Gasteiger charge is 2.27. The third-order valence-electron chi connectivity index (χ3n) is 6.39. The van der Waals surface area contributed by atoms with Gasteiger partial charge in [0, 0.05) is 37.2 Å². The van der Waals surface area contributed by atoms with Crippen LogP contribution in [0.3, 0.4) is 0 Å². The molecule has 1 aliphatic rings. The van der Waals surface area contributed by atoms with Gasteiger partial charge in [0.1, 0.15) is 5.75 Å². The average molecular weight is 468 g/mol. The Labute approximate surface area is 199 Å². The minimum absolute atomic E-state index is 0.0475. The molecule has 0 bridgehead atoms. The van der Waals surface area contributed by atoms with Gasteiger partial charge in [0.15, 0.2) is 0 Å². The summed E-state index contributed by atoms with van der Waals surface area (Å²) in [5, 5.41) is 10.0. The number of thiazole rings is 1. The molecule has 0 atom stereocenters. The van der Waals surface area contributed by atoms with Crippen molar-refractivity contribution in [2.75, 3.05) is 30.0 Å². The summed E-state index contributed by atoms with van der Waals surface area (Å²) in [6.07, 6.45) is 0.482. The molecular formula is C26H33N3O3S. The van der Waals surface area contributed by atoms with Gasteiger partial charge in [-0.1, -0.05) is 17.4 Å². The van der Waals surface area contributed by atoms with Crippen LogP contribution in [0, 0.1) is 6.92 Å². The number of aromatic amines is 1. The summed E-state index contributed by atoms with van der Waals surface area (Å²) in [6.45, 7) is 13.1. The molecule has 0 fully saturated rings. The molecule has 0 saturated heterocycles. The standard InChI is InChI=1S/C26H33N3O3S/c1-15(2)28-9-10-29(16(3)4)22-14-19(17(5)11-21(22)28)20-12-18(7-8-23(20)32-6)13-24-25(30)27-26(31)33-24/h7-8,11-12,14-16,30H,9-10,13H2,1-6H3,(H,27,31). The molecule has 2 aromatic carbocycles. The van der Waals surface area contributed by atoms with Crippen molar-refractivity contribution in [3.05, 3.63) is 56.0 Å². The van der Waals surface area contributed by atoms with E-state index < -0.39 is 0 Å². The summed E-state index contributed by atoms with van der Waals surface area (Å²) in [7, 11) is 1.69. The Bertz CT molecular complexity index is 1210. The third kappa shape index (κ3) is 4.47. The maximum absolute atomic E-state index is 11.6. The van der Waals surface area contributed by atoms with E-state index >= 15 is 0 Å². The van der Waals surface area contributed by atoms with Crippen molar-refractivity contribution in [3.8, 4) is 22.8 Å². The smallest absolute Gasteiger partial charge is 0.307 e. The summed E-state index contributed by atoms with van der Waals surface area (Å²) >= 11 is 1.04. The second-order valence-electron chi connectivity index (χ2n) is 9.23. The number of anilines is 2. The van der Waals surface area contributed by atoms with Crippen LogP contribution in [0.2, 0.25) is 0 Å². The fraction of sp³-hybridized carbons (Fsp3) is 0.423. The van der Waals surface area contributed by atoms with Crippen molar-refractivity contribution >= 4 is 22.7 Å². The molecule has 6 nitrogen and oxygen atoms in total. The Morgan fingerprint density at radius 2 is 1.67 bits per heavy atom. The Morgan fingerprint density at radius 3 is 2.21 bits per heavy atom. The quantitative estimate of drug-likeness (QED) is 0.524. The first-order chi connectivity index (χ1) is 15.7. The predicted octanol–water partition coefficient (Wildman–Crippen LogP) is 5.16. The molecule has 7 heteroatoms. The number of aromatic nitrogens is 1. The van der Waals surface area contributed by atoms with Crippen LogP contribution in [0.5, 0.6) is 11.6 Å². The van der Waals surface area contributed by atoms with Gasteiger partial charge in [-0.2, -0.15) is 0 Å². The summed E-state index contributed by atoms with van der Waals surface area (Å²) in [6, 6.07) is 11.5. The molecule has 176 valence electrons. The number of nitrogens with zero attached hydrogens (tertiary/aromatic N) is 2. The fourth-order valence-corrected chi connectivity index (χ4v) is 5.45. The first kappa shape index (κ1) is 23.2. The zero-order valence-electron chi connectivity index (χ0n) is 20.2. The summed E-state index contributed by atoms with van der Waals surface area (Å²) < 4.78 is 5.74. The fourth-order valence-electron chi connectivity index (χ4n) is 4.69. The second-order valence-corrected chi connectivity index (χ2v) is 10.3. The molecule has 0 amide bonds. The van der Waals surface area contributed by atoms with Gasteiger partial charge in [-0.25, -0.2) is 0 Å². The first-order valence-electron chi connectivity index (χ1n) is 11.5. The normalized spacial score (nSPS) is 13.7.